The van der Waals surface area contributed by atoms with Crippen LogP contribution in [0.25, 0.3) is 0 Å². The Hall–Kier alpha value is -2.14. The monoisotopic (exact) mass is 325 g/mol. The van der Waals surface area contributed by atoms with Crippen molar-refractivity contribution in [2.75, 3.05) is 6.54 Å². The highest BCUT2D eigenvalue weighted by atomic mass is 16.3. The van der Waals surface area contributed by atoms with Gasteiger partial charge in [-0.2, -0.15) is 5.10 Å². The van der Waals surface area contributed by atoms with Gasteiger partial charge in [0.25, 0.3) is 5.91 Å². The highest BCUT2D eigenvalue weighted by molar-refractivity contribution is 5.92. The molecule has 1 aromatic heterocycles. The predicted octanol–water partition coefficient (Wildman–Crippen LogP) is 2.70. The number of rotatable bonds is 2. The number of nitrogens with zero attached hydrogens (tertiary/aromatic N) is 2. The Bertz CT molecular complexity index is 701. The standard InChI is InChI=1S/C19H23N3O2/c23-18(16-10-12-20-21-16)22-13-11-19(24,14-6-2-1-3-7-14)15-8-4-5-9-17(15)22/h1-3,6-7,10,12,15,17,24H,4-5,8-9,11,13H2,(H,20,21)/t15-,17+,19?/m1/s1. The molecule has 0 spiro atoms. The first-order valence-electron chi connectivity index (χ1n) is 8.78. The number of aromatic amines is 1. The van der Waals surface area contributed by atoms with Gasteiger partial charge < -0.3 is 10.0 Å². The number of amides is 1. The molecular formula is C19H23N3O2. The van der Waals surface area contributed by atoms with Gasteiger partial charge in [0.05, 0.1) is 5.60 Å². The minimum Gasteiger partial charge on any atom is -0.385 e. The first-order chi connectivity index (χ1) is 11.7. The Morgan fingerprint density at radius 3 is 2.75 bits per heavy atom. The number of aliphatic hydroxyl groups is 1. The number of benzene rings is 1. The number of fused-ring (bicyclic) bond motifs is 1. The van der Waals surface area contributed by atoms with E-state index in [-0.39, 0.29) is 17.9 Å². The first kappa shape index (κ1) is 15.4. The summed E-state index contributed by atoms with van der Waals surface area (Å²) in [6.07, 6.45) is 6.33. The average Bonchev–Trinajstić information content (AvgIpc) is 3.17. The second kappa shape index (κ2) is 6.06. The fraction of sp³-hybridized carbons (Fsp3) is 0.474. The van der Waals surface area contributed by atoms with Crippen molar-refractivity contribution in [3.63, 3.8) is 0 Å². The van der Waals surface area contributed by atoms with E-state index in [0.717, 1.165) is 31.2 Å². The van der Waals surface area contributed by atoms with Crippen LogP contribution >= 0.6 is 0 Å². The number of hydrogen-bond acceptors (Lipinski definition) is 3. The first-order valence-corrected chi connectivity index (χ1v) is 8.78. The summed E-state index contributed by atoms with van der Waals surface area (Å²) < 4.78 is 0. The van der Waals surface area contributed by atoms with E-state index in [1.54, 1.807) is 12.3 Å². The van der Waals surface area contributed by atoms with E-state index in [1.807, 2.05) is 35.2 Å². The molecule has 1 aliphatic heterocycles. The molecule has 0 radical (unpaired) electrons. The second-order valence-corrected chi connectivity index (χ2v) is 6.97. The molecule has 2 heterocycles. The molecule has 2 aromatic rings. The van der Waals surface area contributed by atoms with Crippen molar-refractivity contribution in [2.24, 2.45) is 5.92 Å². The van der Waals surface area contributed by atoms with Gasteiger partial charge in [0, 0.05) is 24.7 Å². The Kier molecular flexibility index (Phi) is 3.88. The number of aromatic nitrogens is 2. The number of piperidine rings is 1. The van der Waals surface area contributed by atoms with Gasteiger partial charge in [-0.3, -0.25) is 9.89 Å². The van der Waals surface area contributed by atoms with Crippen molar-refractivity contribution in [3.05, 3.63) is 53.9 Å². The SMILES string of the molecule is O=C(c1ccn[nH]1)N1CCC(O)(c2ccccc2)[C@@H]2CCCC[C@@H]21. The van der Waals surface area contributed by atoms with Gasteiger partial charge in [-0.1, -0.05) is 43.2 Å². The molecule has 126 valence electrons. The summed E-state index contributed by atoms with van der Waals surface area (Å²) in [4.78, 5) is 14.8. The van der Waals surface area contributed by atoms with Gasteiger partial charge in [0.2, 0.25) is 0 Å². The van der Waals surface area contributed by atoms with Gasteiger partial charge in [-0.25, -0.2) is 0 Å². The van der Waals surface area contributed by atoms with Crippen LogP contribution in [0.5, 0.6) is 0 Å². The molecule has 3 atom stereocenters. The average molecular weight is 325 g/mol. The zero-order valence-corrected chi connectivity index (χ0v) is 13.7. The molecule has 1 saturated heterocycles. The lowest BCUT2D eigenvalue weighted by Gasteiger charge is -2.52. The molecule has 5 heteroatoms. The Morgan fingerprint density at radius 1 is 1.21 bits per heavy atom. The van der Waals surface area contributed by atoms with Gasteiger partial charge in [-0.15, -0.1) is 0 Å². The molecule has 1 aliphatic carbocycles. The smallest absolute Gasteiger partial charge is 0.272 e. The summed E-state index contributed by atoms with van der Waals surface area (Å²) in [6, 6.07) is 11.8. The van der Waals surface area contributed by atoms with Crippen LogP contribution in [0.15, 0.2) is 42.6 Å². The van der Waals surface area contributed by atoms with E-state index in [4.69, 9.17) is 0 Å². The molecule has 24 heavy (non-hydrogen) atoms. The molecule has 0 bridgehead atoms. The third-order valence-corrected chi connectivity index (χ3v) is 5.74. The van der Waals surface area contributed by atoms with Crippen molar-refractivity contribution in [1.29, 1.82) is 0 Å². The Labute approximate surface area is 141 Å². The van der Waals surface area contributed by atoms with Crippen molar-refractivity contribution in [1.82, 2.24) is 15.1 Å². The van der Waals surface area contributed by atoms with Crippen LogP contribution in [-0.2, 0) is 5.60 Å². The molecule has 1 saturated carbocycles. The minimum absolute atomic E-state index is 0.000452. The van der Waals surface area contributed by atoms with Gasteiger partial charge in [0.15, 0.2) is 0 Å². The fourth-order valence-electron chi connectivity index (χ4n) is 4.55. The zero-order chi connectivity index (χ0) is 16.6. The maximum Gasteiger partial charge on any atom is 0.272 e. The summed E-state index contributed by atoms with van der Waals surface area (Å²) in [5.41, 5.74) is 0.678. The van der Waals surface area contributed by atoms with Crippen LogP contribution in [-0.4, -0.2) is 38.7 Å². The predicted molar refractivity (Wildman–Crippen MR) is 90.3 cm³/mol. The van der Waals surface area contributed by atoms with Crippen molar-refractivity contribution in [3.8, 4) is 0 Å². The summed E-state index contributed by atoms with van der Waals surface area (Å²) in [7, 11) is 0. The van der Waals surface area contributed by atoms with Gasteiger partial charge in [-0.05, 0) is 30.9 Å². The lowest BCUT2D eigenvalue weighted by Crippen LogP contribution is -2.59. The van der Waals surface area contributed by atoms with Crippen LogP contribution in [0.1, 0.15) is 48.2 Å². The number of carbonyl (C=O) groups is 1. The molecule has 2 fully saturated rings. The number of hydrogen-bond donors (Lipinski definition) is 2. The van der Waals surface area contributed by atoms with E-state index in [0.29, 0.717) is 18.7 Å². The lowest BCUT2D eigenvalue weighted by molar-refractivity contribution is -0.110. The van der Waals surface area contributed by atoms with Gasteiger partial charge >= 0.3 is 0 Å². The van der Waals surface area contributed by atoms with E-state index in [2.05, 4.69) is 10.2 Å². The van der Waals surface area contributed by atoms with Crippen LogP contribution in [0.4, 0.5) is 0 Å². The second-order valence-electron chi connectivity index (χ2n) is 6.97. The van der Waals surface area contributed by atoms with Gasteiger partial charge in [0.1, 0.15) is 5.69 Å². The van der Waals surface area contributed by atoms with Crippen molar-refractivity contribution in [2.45, 2.75) is 43.7 Å². The van der Waals surface area contributed by atoms with Crippen LogP contribution in [0, 0.1) is 5.92 Å². The number of carbonyl (C=O) groups excluding carboxylic acids is 1. The molecule has 4 rings (SSSR count). The third kappa shape index (κ3) is 2.44. The third-order valence-electron chi connectivity index (χ3n) is 5.74. The van der Waals surface area contributed by atoms with E-state index in [9.17, 15) is 9.90 Å². The van der Waals surface area contributed by atoms with Crippen LogP contribution < -0.4 is 0 Å². The Morgan fingerprint density at radius 2 is 2.00 bits per heavy atom. The highest BCUT2D eigenvalue weighted by Crippen LogP contribution is 2.47. The fourth-order valence-corrected chi connectivity index (χ4v) is 4.55. The van der Waals surface area contributed by atoms with E-state index < -0.39 is 5.60 Å². The minimum atomic E-state index is -0.836. The molecule has 2 N–H and O–H groups in total. The number of likely N-dealkylation sites (tertiary alicyclic amines) is 1. The lowest BCUT2D eigenvalue weighted by atomic mass is 9.66. The van der Waals surface area contributed by atoms with Crippen molar-refractivity contribution >= 4 is 5.91 Å². The molecule has 1 amide bonds. The number of nitrogens with one attached hydrogen (secondary N) is 1. The van der Waals surface area contributed by atoms with E-state index >= 15 is 0 Å². The molecule has 5 nitrogen and oxygen atoms in total. The molecule has 1 aromatic carbocycles. The highest BCUT2D eigenvalue weighted by Gasteiger charge is 2.50. The summed E-state index contributed by atoms with van der Waals surface area (Å²) in [5.74, 6) is 0.0915. The summed E-state index contributed by atoms with van der Waals surface area (Å²) in [6.45, 7) is 0.574. The topological polar surface area (TPSA) is 69.2 Å². The molecule has 1 unspecified atom stereocenters. The maximum atomic E-state index is 12.8. The number of H-pyrrole nitrogens is 1. The van der Waals surface area contributed by atoms with E-state index in [1.165, 1.54) is 0 Å². The normalized spacial score (nSPS) is 30.0. The molecular weight excluding hydrogens is 302 g/mol. The summed E-state index contributed by atoms with van der Waals surface area (Å²) >= 11 is 0. The van der Waals surface area contributed by atoms with Crippen LogP contribution in [0.3, 0.4) is 0 Å². The quantitative estimate of drug-likeness (QED) is 0.892. The largest absolute Gasteiger partial charge is 0.385 e. The zero-order valence-electron chi connectivity index (χ0n) is 13.7. The Balaban J connectivity index is 1.66. The van der Waals surface area contributed by atoms with Crippen molar-refractivity contribution < 1.29 is 9.90 Å². The van der Waals surface area contributed by atoms with Crippen LogP contribution in [0.2, 0.25) is 0 Å². The maximum absolute atomic E-state index is 12.8. The summed E-state index contributed by atoms with van der Waals surface area (Å²) in [5, 5.41) is 18.2. The molecule has 2 aliphatic rings.